The van der Waals surface area contributed by atoms with Crippen LogP contribution in [0.4, 0.5) is 10.2 Å². The number of anilines is 1. The van der Waals surface area contributed by atoms with Crippen LogP contribution in [-0.2, 0) is 0 Å². The topological polar surface area (TPSA) is 63.8 Å². The van der Waals surface area contributed by atoms with Crippen LogP contribution in [0, 0.1) is 5.82 Å². The van der Waals surface area contributed by atoms with Gasteiger partial charge in [-0.25, -0.2) is 20.2 Å². The molecule has 3 N–H and O–H groups in total. The van der Waals surface area contributed by atoms with E-state index in [0.29, 0.717) is 28.1 Å². The summed E-state index contributed by atoms with van der Waals surface area (Å²) < 4.78 is 13.5. The number of nitrogens with one attached hydrogen (secondary N) is 1. The third-order valence-electron chi connectivity index (χ3n) is 3.79. The van der Waals surface area contributed by atoms with E-state index in [9.17, 15) is 4.39 Å². The highest BCUT2D eigenvalue weighted by atomic mass is 35.5. The van der Waals surface area contributed by atoms with Gasteiger partial charge in [-0.3, -0.25) is 0 Å². The molecular weight excluding hydrogens is 291 g/mol. The Labute approximate surface area is 127 Å². The summed E-state index contributed by atoms with van der Waals surface area (Å²) in [5.74, 6) is 6.46. The minimum Gasteiger partial charge on any atom is -0.308 e. The van der Waals surface area contributed by atoms with Gasteiger partial charge in [0.2, 0.25) is 0 Å². The number of rotatable bonds is 3. The zero-order valence-electron chi connectivity index (χ0n) is 11.4. The van der Waals surface area contributed by atoms with Crippen LogP contribution in [0.25, 0.3) is 11.4 Å². The number of hydrogen-bond acceptors (Lipinski definition) is 4. The standard InChI is InChI=1S/C15H16ClFN4/c16-11-5-10(6-12(17)7-11)15-19-13(8-14(20-15)21-18)9-3-1-2-4-9/h5-9H,1-4,18H2,(H,19,20,21). The smallest absolute Gasteiger partial charge is 0.161 e. The Hall–Kier alpha value is -1.72. The predicted molar refractivity (Wildman–Crippen MR) is 81.5 cm³/mol. The third kappa shape index (κ3) is 3.14. The molecule has 0 aliphatic heterocycles. The Bertz CT molecular complexity index is 636. The number of benzene rings is 1. The summed E-state index contributed by atoms with van der Waals surface area (Å²) in [6.07, 6.45) is 4.65. The van der Waals surface area contributed by atoms with Crippen molar-refractivity contribution >= 4 is 17.4 Å². The molecule has 0 radical (unpaired) electrons. The zero-order valence-corrected chi connectivity index (χ0v) is 12.2. The van der Waals surface area contributed by atoms with E-state index in [0.717, 1.165) is 18.5 Å². The van der Waals surface area contributed by atoms with E-state index in [1.165, 1.54) is 25.0 Å². The molecule has 1 aliphatic carbocycles. The molecule has 3 rings (SSSR count). The summed E-state index contributed by atoms with van der Waals surface area (Å²) >= 11 is 5.90. The monoisotopic (exact) mass is 306 g/mol. The van der Waals surface area contributed by atoms with Crippen LogP contribution >= 0.6 is 11.6 Å². The van der Waals surface area contributed by atoms with Crippen molar-refractivity contribution in [3.05, 3.63) is 40.8 Å². The van der Waals surface area contributed by atoms with Crippen molar-refractivity contribution in [3.8, 4) is 11.4 Å². The van der Waals surface area contributed by atoms with E-state index < -0.39 is 5.82 Å². The van der Waals surface area contributed by atoms with Crippen LogP contribution in [0.2, 0.25) is 5.02 Å². The lowest BCUT2D eigenvalue weighted by Crippen LogP contribution is -2.11. The average molecular weight is 307 g/mol. The third-order valence-corrected chi connectivity index (χ3v) is 4.01. The van der Waals surface area contributed by atoms with E-state index in [1.54, 1.807) is 6.07 Å². The Morgan fingerprint density at radius 3 is 2.57 bits per heavy atom. The van der Waals surface area contributed by atoms with Crippen LogP contribution in [0.1, 0.15) is 37.3 Å². The van der Waals surface area contributed by atoms with Gasteiger partial charge in [0.05, 0.1) is 0 Å². The van der Waals surface area contributed by atoms with Crippen LogP contribution in [0.5, 0.6) is 0 Å². The summed E-state index contributed by atoms with van der Waals surface area (Å²) in [5, 5.41) is 0.321. The number of nitrogens with zero attached hydrogens (tertiary/aromatic N) is 2. The van der Waals surface area contributed by atoms with E-state index in [1.807, 2.05) is 6.07 Å². The molecule has 1 fully saturated rings. The highest BCUT2D eigenvalue weighted by Gasteiger charge is 2.20. The van der Waals surface area contributed by atoms with Gasteiger partial charge in [-0.05, 0) is 31.0 Å². The minimum atomic E-state index is -0.408. The first-order valence-electron chi connectivity index (χ1n) is 6.98. The first-order chi connectivity index (χ1) is 10.2. The van der Waals surface area contributed by atoms with E-state index >= 15 is 0 Å². The van der Waals surface area contributed by atoms with Gasteiger partial charge in [0.25, 0.3) is 0 Å². The number of aromatic nitrogens is 2. The maximum Gasteiger partial charge on any atom is 0.161 e. The van der Waals surface area contributed by atoms with Crippen molar-refractivity contribution in [2.45, 2.75) is 31.6 Å². The molecule has 110 valence electrons. The molecule has 4 nitrogen and oxygen atoms in total. The SMILES string of the molecule is NNc1cc(C2CCCC2)nc(-c2cc(F)cc(Cl)c2)n1. The largest absolute Gasteiger partial charge is 0.308 e. The van der Waals surface area contributed by atoms with Crippen LogP contribution in [0.3, 0.4) is 0 Å². The van der Waals surface area contributed by atoms with Crippen LogP contribution in [-0.4, -0.2) is 9.97 Å². The van der Waals surface area contributed by atoms with E-state index in [2.05, 4.69) is 15.4 Å². The van der Waals surface area contributed by atoms with Gasteiger partial charge in [-0.2, -0.15) is 0 Å². The Balaban J connectivity index is 2.06. The van der Waals surface area contributed by atoms with Gasteiger partial charge in [-0.15, -0.1) is 0 Å². The van der Waals surface area contributed by atoms with E-state index in [-0.39, 0.29) is 0 Å². The summed E-state index contributed by atoms with van der Waals surface area (Å²) in [6, 6.07) is 6.15. The lowest BCUT2D eigenvalue weighted by molar-refractivity contribution is 0.628. The number of nitrogens with two attached hydrogens (primary N) is 1. The van der Waals surface area contributed by atoms with Gasteiger partial charge >= 0.3 is 0 Å². The fourth-order valence-corrected chi connectivity index (χ4v) is 3.00. The summed E-state index contributed by atoms with van der Waals surface area (Å²) in [4.78, 5) is 8.89. The molecule has 1 heterocycles. The molecule has 1 saturated carbocycles. The molecule has 0 amide bonds. The Kier molecular flexibility index (Phi) is 4.03. The second kappa shape index (κ2) is 5.95. The van der Waals surface area contributed by atoms with Gasteiger partial charge in [-0.1, -0.05) is 24.4 Å². The normalized spacial score (nSPS) is 15.4. The highest BCUT2D eigenvalue weighted by Crippen LogP contribution is 2.34. The molecule has 2 aromatic rings. The molecule has 0 saturated heterocycles. The number of halogens is 2. The maximum absolute atomic E-state index is 13.5. The first-order valence-corrected chi connectivity index (χ1v) is 7.35. The second-order valence-corrected chi connectivity index (χ2v) is 5.72. The van der Waals surface area contributed by atoms with Crippen molar-refractivity contribution in [2.24, 2.45) is 5.84 Å². The molecule has 0 bridgehead atoms. The van der Waals surface area contributed by atoms with Crippen molar-refractivity contribution in [2.75, 3.05) is 5.43 Å². The van der Waals surface area contributed by atoms with Gasteiger partial charge in [0, 0.05) is 28.3 Å². The van der Waals surface area contributed by atoms with E-state index in [4.69, 9.17) is 17.4 Å². The van der Waals surface area contributed by atoms with Crippen molar-refractivity contribution in [1.82, 2.24) is 9.97 Å². The quantitative estimate of drug-likeness (QED) is 0.667. The summed E-state index contributed by atoms with van der Waals surface area (Å²) in [7, 11) is 0. The fourth-order valence-electron chi connectivity index (χ4n) is 2.78. The summed E-state index contributed by atoms with van der Waals surface area (Å²) in [6.45, 7) is 0. The van der Waals surface area contributed by atoms with Crippen LogP contribution < -0.4 is 11.3 Å². The maximum atomic E-state index is 13.5. The van der Waals surface area contributed by atoms with Crippen molar-refractivity contribution in [1.29, 1.82) is 0 Å². The Morgan fingerprint density at radius 2 is 1.90 bits per heavy atom. The lowest BCUT2D eigenvalue weighted by Gasteiger charge is -2.12. The highest BCUT2D eigenvalue weighted by molar-refractivity contribution is 6.30. The fraction of sp³-hybridized carbons (Fsp3) is 0.333. The van der Waals surface area contributed by atoms with Gasteiger partial charge in [0.15, 0.2) is 5.82 Å². The molecule has 1 aromatic heterocycles. The number of hydrogen-bond donors (Lipinski definition) is 2. The average Bonchev–Trinajstić information content (AvgIpc) is 3.00. The minimum absolute atomic E-state index is 0.321. The van der Waals surface area contributed by atoms with Crippen molar-refractivity contribution < 1.29 is 4.39 Å². The molecular formula is C15H16ClFN4. The summed E-state index contributed by atoms with van der Waals surface area (Å²) in [5.41, 5.74) is 4.05. The number of nitrogen functional groups attached to an aromatic ring is 1. The predicted octanol–water partition coefficient (Wildman–Crippen LogP) is 3.88. The second-order valence-electron chi connectivity index (χ2n) is 5.29. The molecule has 21 heavy (non-hydrogen) atoms. The molecule has 6 heteroatoms. The molecule has 0 atom stereocenters. The molecule has 0 spiro atoms. The van der Waals surface area contributed by atoms with Crippen molar-refractivity contribution in [3.63, 3.8) is 0 Å². The van der Waals surface area contributed by atoms with Crippen LogP contribution in [0.15, 0.2) is 24.3 Å². The van der Waals surface area contributed by atoms with Gasteiger partial charge in [0.1, 0.15) is 11.6 Å². The lowest BCUT2D eigenvalue weighted by atomic mass is 10.0. The Morgan fingerprint density at radius 1 is 1.14 bits per heavy atom. The molecule has 1 aromatic carbocycles. The van der Waals surface area contributed by atoms with Gasteiger partial charge < -0.3 is 5.43 Å². The first kappa shape index (κ1) is 14.2. The number of hydrazine groups is 1. The zero-order chi connectivity index (χ0) is 14.8. The molecule has 1 aliphatic rings. The molecule has 0 unspecified atom stereocenters.